The van der Waals surface area contributed by atoms with Gasteiger partial charge in [-0.25, -0.2) is 4.98 Å². The summed E-state index contributed by atoms with van der Waals surface area (Å²) in [4.78, 5) is 4.77. The van der Waals surface area contributed by atoms with Gasteiger partial charge in [-0.1, -0.05) is 91.0 Å². The Hall–Kier alpha value is -5.15. The number of nitrogens with zero attached hydrogens (tertiary/aromatic N) is 2. The molecule has 0 aliphatic carbocycles. The van der Waals surface area contributed by atoms with Crippen molar-refractivity contribution in [2.45, 2.75) is 0 Å². The van der Waals surface area contributed by atoms with Crippen molar-refractivity contribution in [2.75, 3.05) is 0 Å². The third kappa shape index (κ3) is 3.26. The summed E-state index contributed by atoms with van der Waals surface area (Å²) in [5, 5.41) is 4.63. The van der Waals surface area contributed by atoms with E-state index in [9.17, 15) is 0 Å². The Bertz CT molecular complexity index is 2100. The highest BCUT2D eigenvalue weighted by Gasteiger charge is 2.15. The van der Waals surface area contributed by atoms with Gasteiger partial charge < -0.3 is 8.82 Å². The maximum absolute atomic E-state index is 6.31. The molecule has 0 N–H and O–H groups in total. The number of hydrogen-bond acceptors (Lipinski definition) is 2. The molecule has 0 aliphatic rings. The lowest BCUT2D eigenvalue weighted by atomic mass is 9.93. The lowest BCUT2D eigenvalue weighted by molar-refractivity contribution is 0.672. The van der Waals surface area contributed by atoms with Gasteiger partial charge in [-0.2, -0.15) is 0 Å². The molecule has 0 unspecified atom stereocenters. The molecular weight excluding hydrogens is 464 g/mol. The van der Waals surface area contributed by atoms with E-state index in [0.29, 0.717) is 0 Å². The molecule has 8 aromatic rings. The van der Waals surface area contributed by atoms with Crippen LogP contribution in [0.25, 0.3) is 71.9 Å². The van der Waals surface area contributed by atoms with Gasteiger partial charge in [-0.15, -0.1) is 0 Å². The molecule has 0 atom stereocenters. The van der Waals surface area contributed by atoms with E-state index >= 15 is 0 Å². The van der Waals surface area contributed by atoms with E-state index in [-0.39, 0.29) is 0 Å². The van der Waals surface area contributed by atoms with Crippen LogP contribution < -0.4 is 0 Å². The minimum Gasteiger partial charge on any atom is -0.455 e. The highest BCUT2D eigenvalue weighted by molar-refractivity contribution is 6.19. The number of rotatable bonds is 3. The Morgan fingerprint density at radius 3 is 2.13 bits per heavy atom. The molecule has 3 aromatic heterocycles. The van der Waals surface area contributed by atoms with E-state index in [0.717, 1.165) is 44.2 Å². The molecule has 3 heteroatoms. The molecule has 0 spiro atoms. The molecule has 0 radical (unpaired) electrons. The van der Waals surface area contributed by atoms with E-state index in [2.05, 4.69) is 102 Å². The highest BCUT2D eigenvalue weighted by Crippen LogP contribution is 2.40. The first-order chi connectivity index (χ1) is 18.8. The first kappa shape index (κ1) is 21.0. The first-order valence-corrected chi connectivity index (χ1v) is 12.8. The second-order valence-electron chi connectivity index (χ2n) is 9.70. The van der Waals surface area contributed by atoms with Gasteiger partial charge in [0.1, 0.15) is 16.8 Å². The molecular formula is C35H22N2O. The van der Waals surface area contributed by atoms with E-state index in [4.69, 9.17) is 9.40 Å². The molecule has 3 nitrogen and oxygen atoms in total. The van der Waals surface area contributed by atoms with Crippen LogP contribution in [0, 0.1) is 0 Å². The maximum Gasteiger partial charge on any atom is 0.143 e. The number of aromatic nitrogens is 2. The quantitative estimate of drug-likeness (QED) is 0.249. The van der Waals surface area contributed by atoms with Crippen molar-refractivity contribution in [2.24, 2.45) is 0 Å². The van der Waals surface area contributed by atoms with Crippen molar-refractivity contribution < 1.29 is 4.42 Å². The van der Waals surface area contributed by atoms with Gasteiger partial charge in [-0.3, -0.25) is 0 Å². The summed E-state index contributed by atoms with van der Waals surface area (Å²) < 4.78 is 8.36. The maximum atomic E-state index is 6.31. The van der Waals surface area contributed by atoms with Crippen molar-refractivity contribution in [1.82, 2.24) is 9.38 Å². The highest BCUT2D eigenvalue weighted by atomic mass is 16.3. The standard InChI is InChI=1S/C35H22N2O/c1-2-12-29-27(10-1)30(21-31-28-11-3-4-13-33(28)38-35(29)31)26-9-7-8-25(20-26)23-15-17-24(18-16-23)32-22-37-19-6-5-14-34(37)36-32/h1-22H. The second kappa shape index (κ2) is 8.19. The van der Waals surface area contributed by atoms with Crippen LogP contribution in [0.3, 0.4) is 0 Å². The third-order valence-corrected chi connectivity index (χ3v) is 7.44. The zero-order valence-corrected chi connectivity index (χ0v) is 20.5. The summed E-state index contributed by atoms with van der Waals surface area (Å²) in [7, 11) is 0. The van der Waals surface area contributed by atoms with Crippen LogP contribution in [0.4, 0.5) is 0 Å². The van der Waals surface area contributed by atoms with Crippen molar-refractivity contribution in [3.05, 3.63) is 134 Å². The zero-order chi connectivity index (χ0) is 25.1. The lowest BCUT2D eigenvalue weighted by Crippen LogP contribution is -1.85. The van der Waals surface area contributed by atoms with E-state index in [1.165, 1.54) is 27.6 Å². The third-order valence-electron chi connectivity index (χ3n) is 7.44. The molecule has 0 saturated heterocycles. The largest absolute Gasteiger partial charge is 0.455 e. The van der Waals surface area contributed by atoms with Crippen LogP contribution in [-0.4, -0.2) is 9.38 Å². The second-order valence-corrected chi connectivity index (χ2v) is 9.70. The average Bonchev–Trinajstić information content (AvgIpc) is 3.59. The zero-order valence-electron chi connectivity index (χ0n) is 20.5. The van der Waals surface area contributed by atoms with Crippen molar-refractivity contribution >= 4 is 38.4 Å². The Balaban J connectivity index is 1.24. The topological polar surface area (TPSA) is 30.4 Å². The monoisotopic (exact) mass is 486 g/mol. The summed E-state index contributed by atoms with van der Waals surface area (Å²) in [6, 6.07) is 42.6. The Morgan fingerprint density at radius 1 is 0.526 bits per heavy atom. The number of benzene rings is 5. The first-order valence-electron chi connectivity index (χ1n) is 12.8. The SMILES string of the molecule is c1cc(-c2ccc(-c3cn4ccccc4n3)cc2)cc(-c2cc3c4ccccc4oc3c3ccccc23)c1. The van der Waals surface area contributed by atoms with Gasteiger partial charge in [0, 0.05) is 34.1 Å². The summed E-state index contributed by atoms with van der Waals surface area (Å²) in [6.45, 7) is 0. The van der Waals surface area contributed by atoms with Gasteiger partial charge >= 0.3 is 0 Å². The minimum absolute atomic E-state index is 0.921. The van der Waals surface area contributed by atoms with Crippen molar-refractivity contribution in [1.29, 1.82) is 0 Å². The molecule has 0 bridgehead atoms. The van der Waals surface area contributed by atoms with E-state index < -0.39 is 0 Å². The van der Waals surface area contributed by atoms with Crippen LogP contribution in [0.5, 0.6) is 0 Å². The summed E-state index contributed by atoms with van der Waals surface area (Å²) >= 11 is 0. The van der Waals surface area contributed by atoms with E-state index in [1.807, 2.05) is 36.5 Å². The lowest BCUT2D eigenvalue weighted by Gasteiger charge is -2.10. The average molecular weight is 487 g/mol. The Labute approximate surface area is 219 Å². The molecule has 0 saturated carbocycles. The van der Waals surface area contributed by atoms with Gasteiger partial charge in [0.2, 0.25) is 0 Å². The van der Waals surface area contributed by atoms with Crippen LogP contribution in [0.15, 0.2) is 138 Å². The summed E-state index contributed by atoms with van der Waals surface area (Å²) in [5.74, 6) is 0. The molecule has 3 heterocycles. The van der Waals surface area contributed by atoms with Crippen LogP contribution >= 0.6 is 0 Å². The number of hydrogen-bond donors (Lipinski definition) is 0. The molecule has 8 rings (SSSR count). The van der Waals surface area contributed by atoms with Crippen molar-refractivity contribution in [3.63, 3.8) is 0 Å². The number of para-hydroxylation sites is 1. The fraction of sp³-hybridized carbons (Fsp3) is 0. The molecule has 5 aromatic carbocycles. The van der Waals surface area contributed by atoms with Gasteiger partial charge in [0.05, 0.1) is 5.69 Å². The van der Waals surface area contributed by atoms with Gasteiger partial charge in [0.15, 0.2) is 0 Å². The number of imidazole rings is 1. The smallest absolute Gasteiger partial charge is 0.143 e. The number of furan rings is 1. The normalized spacial score (nSPS) is 11.7. The predicted molar refractivity (Wildman–Crippen MR) is 156 cm³/mol. The van der Waals surface area contributed by atoms with Crippen LogP contribution in [0.1, 0.15) is 0 Å². The van der Waals surface area contributed by atoms with Crippen LogP contribution in [0.2, 0.25) is 0 Å². The molecule has 178 valence electrons. The molecule has 38 heavy (non-hydrogen) atoms. The van der Waals surface area contributed by atoms with E-state index in [1.54, 1.807) is 0 Å². The van der Waals surface area contributed by atoms with Gasteiger partial charge in [-0.05, 0) is 58.0 Å². The van der Waals surface area contributed by atoms with Crippen LogP contribution in [-0.2, 0) is 0 Å². The fourth-order valence-corrected chi connectivity index (χ4v) is 5.56. The molecule has 0 fully saturated rings. The Kier molecular flexibility index (Phi) is 4.52. The molecule has 0 amide bonds. The minimum atomic E-state index is 0.921. The fourth-order valence-electron chi connectivity index (χ4n) is 5.56. The Morgan fingerprint density at radius 2 is 1.26 bits per heavy atom. The number of fused-ring (bicyclic) bond motifs is 6. The number of pyridine rings is 1. The predicted octanol–water partition coefficient (Wildman–Crippen LogP) is 9.39. The summed E-state index contributed by atoms with van der Waals surface area (Å²) in [6.07, 6.45) is 4.10. The van der Waals surface area contributed by atoms with Gasteiger partial charge in [0.25, 0.3) is 0 Å². The summed E-state index contributed by atoms with van der Waals surface area (Å²) in [5.41, 5.74) is 9.67. The molecule has 0 aliphatic heterocycles. The van der Waals surface area contributed by atoms with Crippen molar-refractivity contribution in [3.8, 4) is 33.5 Å².